The van der Waals surface area contributed by atoms with Crippen LogP contribution in [0.5, 0.6) is 17.2 Å². The molecular weight excluding hydrogens is 481 g/mol. The molecule has 3 N–H and O–H groups in total. The predicted octanol–water partition coefficient (Wildman–Crippen LogP) is 3.54. The van der Waals surface area contributed by atoms with Gasteiger partial charge in [-0.2, -0.15) is 13.2 Å². The van der Waals surface area contributed by atoms with Crippen molar-refractivity contribution in [3.8, 4) is 17.2 Å². The molecule has 0 aliphatic heterocycles. The van der Waals surface area contributed by atoms with Gasteiger partial charge in [-0.15, -0.1) is 0 Å². The van der Waals surface area contributed by atoms with Crippen molar-refractivity contribution in [1.82, 2.24) is 20.6 Å². The molecule has 0 saturated heterocycles. The highest BCUT2D eigenvalue weighted by molar-refractivity contribution is 6.04. The van der Waals surface area contributed by atoms with Crippen molar-refractivity contribution < 1.29 is 37.3 Å². The number of rotatable bonds is 8. The van der Waals surface area contributed by atoms with Crippen molar-refractivity contribution in [2.45, 2.75) is 18.3 Å². The number of nitrogens with one attached hydrogen (secondary N) is 2. The summed E-state index contributed by atoms with van der Waals surface area (Å²) in [5.74, 6) is -1.82. The molecule has 2 amide bonds. The number of ether oxygens (including phenoxy) is 2. The zero-order valence-electron chi connectivity index (χ0n) is 18.7. The molecule has 9 nitrogen and oxygen atoms in total. The number of nitrogens with zero attached hydrogens (tertiary/aromatic N) is 2. The molecule has 36 heavy (non-hydrogen) atoms. The molecule has 1 heterocycles. The van der Waals surface area contributed by atoms with Crippen LogP contribution < -0.4 is 20.1 Å². The van der Waals surface area contributed by atoms with E-state index in [1.807, 2.05) is 0 Å². The lowest BCUT2D eigenvalue weighted by Gasteiger charge is -2.18. The fraction of sp³-hybridized carbons (Fsp3) is 0.167. The van der Waals surface area contributed by atoms with Crippen molar-refractivity contribution >= 4 is 11.8 Å². The van der Waals surface area contributed by atoms with Gasteiger partial charge in [0.25, 0.3) is 11.8 Å². The number of carbonyl (C=O) groups excluding carboxylic acids is 2. The average molecular weight is 500 g/mol. The molecule has 1 aromatic heterocycles. The van der Waals surface area contributed by atoms with Crippen molar-refractivity contribution in [1.29, 1.82) is 0 Å². The van der Waals surface area contributed by atoms with E-state index in [0.29, 0.717) is 5.56 Å². The summed E-state index contributed by atoms with van der Waals surface area (Å²) in [6, 6.07) is 9.38. The first-order valence-corrected chi connectivity index (χ1v) is 10.4. The van der Waals surface area contributed by atoms with Gasteiger partial charge in [-0.25, -0.2) is 9.97 Å². The van der Waals surface area contributed by atoms with E-state index in [0.717, 1.165) is 6.07 Å². The summed E-state index contributed by atoms with van der Waals surface area (Å²) in [6.45, 7) is 0.0165. The second-order valence-corrected chi connectivity index (χ2v) is 7.71. The number of hydrogen-bond donors (Lipinski definition) is 3. The van der Waals surface area contributed by atoms with Gasteiger partial charge in [0.05, 0.1) is 12.7 Å². The number of halogens is 3. The van der Waals surface area contributed by atoms with Gasteiger partial charge in [0.1, 0.15) is 34.9 Å². The summed E-state index contributed by atoms with van der Waals surface area (Å²) < 4.78 is 50.4. The minimum absolute atomic E-state index is 0.0165. The first-order chi connectivity index (χ1) is 17.1. The fourth-order valence-electron chi connectivity index (χ4n) is 3.25. The number of amides is 2. The van der Waals surface area contributed by atoms with Crippen molar-refractivity contribution in [3.05, 3.63) is 89.7 Å². The molecule has 0 spiro atoms. The first kappa shape index (κ1) is 24.5. The van der Waals surface area contributed by atoms with Crippen LogP contribution in [0.1, 0.15) is 21.5 Å². The minimum atomic E-state index is -4.64. The van der Waals surface area contributed by atoms with E-state index in [1.165, 1.54) is 56.2 Å². The second kappa shape index (κ2) is 9.56. The topological polar surface area (TPSA) is 123 Å². The number of alkyl halides is 3. The standard InChI is InChI=1S/C24H19F3N4O5/c1-35-17-6-7-19(18(8-17)24(25,26)27)36-16-4-2-14(3-5-16)10-30-22(34)23(9-20(23)32)31-21(33)15-11-28-13-29-12-15/h2-9,11-13,32H,10H2,1H3,(H,30,34)(H,31,33)/t23-/m0/s1. The van der Waals surface area contributed by atoms with Crippen LogP contribution in [0.2, 0.25) is 0 Å². The van der Waals surface area contributed by atoms with Gasteiger partial charge in [-0.05, 0) is 42.0 Å². The largest absolute Gasteiger partial charge is 0.509 e. The molecular formula is C24H19F3N4O5. The summed E-state index contributed by atoms with van der Waals surface area (Å²) >= 11 is 0. The van der Waals surface area contributed by atoms with Gasteiger partial charge in [0, 0.05) is 18.9 Å². The Labute approximate surface area is 202 Å². The van der Waals surface area contributed by atoms with E-state index in [-0.39, 0.29) is 35.1 Å². The maximum absolute atomic E-state index is 13.4. The molecule has 0 fully saturated rings. The third kappa shape index (κ3) is 5.22. The molecule has 3 aromatic rings. The van der Waals surface area contributed by atoms with Crippen LogP contribution in [-0.2, 0) is 17.5 Å². The molecule has 0 unspecified atom stereocenters. The summed E-state index contributed by atoms with van der Waals surface area (Å²) in [5.41, 5.74) is -1.94. The third-order valence-corrected chi connectivity index (χ3v) is 5.26. The molecule has 2 aromatic carbocycles. The number of hydrogen-bond acceptors (Lipinski definition) is 7. The Morgan fingerprint density at radius 2 is 1.69 bits per heavy atom. The minimum Gasteiger partial charge on any atom is -0.509 e. The molecule has 0 bridgehead atoms. The van der Waals surface area contributed by atoms with E-state index < -0.39 is 29.1 Å². The lowest BCUT2D eigenvalue weighted by molar-refractivity contribution is -0.138. The Bertz CT molecular complexity index is 1310. The Morgan fingerprint density at radius 1 is 1.06 bits per heavy atom. The van der Waals surface area contributed by atoms with Crippen molar-refractivity contribution in [3.63, 3.8) is 0 Å². The molecule has 1 aliphatic carbocycles. The molecule has 0 saturated carbocycles. The fourth-order valence-corrected chi connectivity index (χ4v) is 3.25. The number of methoxy groups -OCH3 is 1. The van der Waals surface area contributed by atoms with Crippen LogP contribution in [0.15, 0.2) is 73.0 Å². The van der Waals surface area contributed by atoms with E-state index >= 15 is 0 Å². The Balaban J connectivity index is 1.38. The smallest absolute Gasteiger partial charge is 0.420 e. The number of carbonyl (C=O) groups is 2. The first-order valence-electron chi connectivity index (χ1n) is 10.4. The van der Waals surface area contributed by atoms with Gasteiger partial charge >= 0.3 is 6.18 Å². The van der Waals surface area contributed by atoms with Crippen LogP contribution >= 0.6 is 0 Å². The van der Waals surface area contributed by atoms with Crippen LogP contribution in [-0.4, -0.2) is 39.5 Å². The Morgan fingerprint density at radius 3 is 2.28 bits per heavy atom. The molecule has 4 rings (SSSR count). The number of aliphatic hydroxyl groups excluding tert-OH is 1. The van der Waals surface area contributed by atoms with E-state index in [2.05, 4.69) is 20.6 Å². The Kier molecular flexibility index (Phi) is 6.51. The molecule has 1 aliphatic rings. The maximum Gasteiger partial charge on any atom is 0.420 e. The van der Waals surface area contributed by atoms with Gasteiger partial charge in [0.2, 0.25) is 0 Å². The van der Waals surface area contributed by atoms with Crippen LogP contribution in [0, 0.1) is 0 Å². The molecule has 0 radical (unpaired) electrons. The second-order valence-electron chi connectivity index (χ2n) is 7.71. The van der Waals surface area contributed by atoms with Gasteiger partial charge < -0.3 is 25.2 Å². The molecule has 12 heteroatoms. The van der Waals surface area contributed by atoms with E-state index in [1.54, 1.807) is 12.1 Å². The lowest BCUT2D eigenvalue weighted by atomic mass is 10.1. The summed E-state index contributed by atoms with van der Waals surface area (Å²) in [6.07, 6.45) is 0.319. The molecule has 1 atom stereocenters. The normalized spacial score (nSPS) is 16.5. The highest BCUT2D eigenvalue weighted by Gasteiger charge is 2.53. The highest BCUT2D eigenvalue weighted by Crippen LogP contribution is 2.40. The van der Waals surface area contributed by atoms with Gasteiger partial charge in [0.15, 0.2) is 5.54 Å². The van der Waals surface area contributed by atoms with E-state index in [9.17, 15) is 27.9 Å². The zero-order chi connectivity index (χ0) is 25.9. The van der Waals surface area contributed by atoms with Gasteiger partial charge in [-0.1, -0.05) is 12.1 Å². The van der Waals surface area contributed by atoms with Crippen LogP contribution in [0.3, 0.4) is 0 Å². The maximum atomic E-state index is 13.4. The summed E-state index contributed by atoms with van der Waals surface area (Å²) in [7, 11) is 1.27. The van der Waals surface area contributed by atoms with Crippen molar-refractivity contribution in [2.24, 2.45) is 0 Å². The number of aromatic nitrogens is 2. The predicted molar refractivity (Wildman–Crippen MR) is 119 cm³/mol. The quantitative estimate of drug-likeness (QED) is 0.432. The molecule has 186 valence electrons. The third-order valence-electron chi connectivity index (χ3n) is 5.26. The van der Waals surface area contributed by atoms with E-state index in [4.69, 9.17) is 9.47 Å². The highest BCUT2D eigenvalue weighted by atomic mass is 19.4. The van der Waals surface area contributed by atoms with Crippen LogP contribution in [0.25, 0.3) is 0 Å². The SMILES string of the molecule is COc1ccc(Oc2ccc(CNC(=O)[C@]3(NC(=O)c4cncnc4)C=C3O)cc2)c(C(F)(F)F)c1. The summed E-state index contributed by atoms with van der Waals surface area (Å²) in [5, 5.41) is 14.9. The summed E-state index contributed by atoms with van der Waals surface area (Å²) in [4.78, 5) is 32.4. The number of aliphatic hydroxyl groups is 1. The van der Waals surface area contributed by atoms with Crippen molar-refractivity contribution in [2.75, 3.05) is 7.11 Å². The van der Waals surface area contributed by atoms with Gasteiger partial charge in [-0.3, -0.25) is 9.59 Å². The average Bonchev–Trinajstić information content (AvgIpc) is 3.53. The number of benzene rings is 2. The van der Waals surface area contributed by atoms with Crippen LogP contribution in [0.4, 0.5) is 13.2 Å². The zero-order valence-corrected chi connectivity index (χ0v) is 18.7. The monoisotopic (exact) mass is 500 g/mol. The Hall–Kier alpha value is -4.61. The lowest BCUT2D eigenvalue weighted by Crippen LogP contribution is -2.51.